The molecule has 0 aromatic heterocycles. The third-order valence-electron chi connectivity index (χ3n) is 10.5. The van der Waals surface area contributed by atoms with Crippen molar-refractivity contribution in [3.8, 4) is 0 Å². The maximum absolute atomic E-state index is 13.4. The quantitative estimate of drug-likeness (QED) is 0.343. The van der Waals surface area contributed by atoms with Gasteiger partial charge in [0, 0.05) is 18.3 Å². The lowest BCUT2D eigenvalue weighted by Gasteiger charge is -2.59. The summed E-state index contributed by atoms with van der Waals surface area (Å²) in [6.07, 6.45) is 12.7. The summed E-state index contributed by atoms with van der Waals surface area (Å²) < 4.78 is 0. The fraction of sp³-hybridized carbons (Fsp3) is 0.935. The van der Waals surface area contributed by atoms with Gasteiger partial charge in [0.15, 0.2) is 0 Å². The number of carbonyl (C=O) groups excluding carboxylic acids is 1. The molecule has 0 bridgehead atoms. The number of carbonyl (C=O) groups is 2. The van der Waals surface area contributed by atoms with Gasteiger partial charge in [-0.15, -0.1) is 0 Å². The minimum Gasteiger partial charge on any atom is -0.481 e. The monoisotopic (exact) mass is 476 g/mol. The zero-order valence-corrected chi connectivity index (χ0v) is 23.8. The van der Waals surface area contributed by atoms with Crippen LogP contribution in [-0.2, 0) is 9.59 Å². The summed E-state index contributed by atoms with van der Waals surface area (Å²) in [6.45, 7) is 18.2. The van der Waals surface area contributed by atoms with E-state index in [4.69, 9.17) is 0 Å². The number of rotatable bonds is 10. The number of aliphatic carboxylic acids is 1. The van der Waals surface area contributed by atoms with Crippen LogP contribution in [0.4, 0.5) is 0 Å². The first-order valence-corrected chi connectivity index (χ1v) is 14.8. The van der Waals surface area contributed by atoms with Crippen molar-refractivity contribution in [2.24, 2.45) is 52.3 Å². The van der Waals surface area contributed by atoms with Crippen LogP contribution in [0.25, 0.3) is 0 Å². The Labute approximate surface area is 211 Å². The molecule has 3 rings (SSSR count). The van der Waals surface area contributed by atoms with Crippen LogP contribution in [0.5, 0.6) is 0 Å². The van der Waals surface area contributed by atoms with Gasteiger partial charge in [0.2, 0.25) is 0 Å². The molecule has 3 heteroatoms. The second kappa shape index (κ2) is 12.4. The summed E-state index contributed by atoms with van der Waals surface area (Å²) in [5, 5.41) is 9.36. The van der Waals surface area contributed by atoms with Crippen LogP contribution in [0, 0.1) is 52.3 Å². The molecule has 198 valence electrons. The van der Waals surface area contributed by atoms with Crippen molar-refractivity contribution in [3.63, 3.8) is 0 Å². The maximum Gasteiger partial charge on any atom is 0.303 e. The van der Waals surface area contributed by atoms with E-state index < -0.39 is 11.4 Å². The van der Waals surface area contributed by atoms with Gasteiger partial charge >= 0.3 is 5.97 Å². The maximum atomic E-state index is 13.4. The average Bonchev–Trinajstić information content (AvgIpc) is 3.14. The van der Waals surface area contributed by atoms with E-state index in [0.717, 1.165) is 37.0 Å². The smallest absolute Gasteiger partial charge is 0.303 e. The Morgan fingerprint density at radius 1 is 1.06 bits per heavy atom. The number of carboxylic acid groups (broad SMARTS) is 1. The van der Waals surface area contributed by atoms with Crippen LogP contribution in [0.2, 0.25) is 0 Å². The molecule has 0 aromatic carbocycles. The number of hydrogen-bond acceptors (Lipinski definition) is 2. The highest BCUT2D eigenvalue weighted by Crippen LogP contribution is 2.67. The molecule has 0 amide bonds. The first-order valence-electron chi connectivity index (χ1n) is 14.8. The van der Waals surface area contributed by atoms with Crippen molar-refractivity contribution in [2.45, 2.75) is 132 Å². The van der Waals surface area contributed by atoms with E-state index in [9.17, 15) is 14.7 Å². The molecule has 3 nitrogen and oxygen atoms in total. The highest BCUT2D eigenvalue weighted by molar-refractivity contribution is 5.86. The Morgan fingerprint density at radius 2 is 1.74 bits per heavy atom. The third kappa shape index (κ3) is 5.92. The first-order chi connectivity index (χ1) is 16.0. The van der Waals surface area contributed by atoms with Gasteiger partial charge in [-0.3, -0.25) is 9.59 Å². The minimum absolute atomic E-state index is 0.126. The molecule has 0 spiro atoms. The van der Waals surface area contributed by atoms with Gasteiger partial charge < -0.3 is 5.11 Å². The van der Waals surface area contributed by atoms with E-state index in [1.165, 1.54) is 38.5 Å². The van der Waals surface area contributed by atoms with Crippen molar-refractivity contribution in [2.75, 3.05) is 0 Å². The lowest BCUT2D eigenvalue weighted by atomic mass is 9.45. The average molecular weight is 477 g/mol. The molecule has 0 heterocycles. The van der Waals surface area contributed by atoms with Gasteiger partial charge in [-0.25, -0.2) is 0 Å². The van der Waals surface area contributed by atoms with E-state index in [2.05, 4.69) is 41.5 Å². The number of ketones is 1. The summed E-state index contributed by atoms with van der Waals surface area (Å²) in [5.41, 5.74) is -0.0336. The van der Waals surface area contributed by atoms with Gasteiger partial charge in [-0.1, -0.05) is 81.1 Å². The molecule has 0 saturated heterocycles. The predicted octanol–water partition coefficient (Wildman–Crippen LogP) is 8.79. The van der Waals surface area contributed by atoms with Crippen LogP contribution in [0.1, 0.15) is 132 Å². The highest BCUT2D eigenvalue weighted by Gasteiger charge is 2.62. The van der Waals surface area contributed by atoms with Gasteiger partial charge in [-0.05, 0) is 85.4 Å². The zero-order valence-electron chi connectivity index (χ0n) is 23.8. The second-order valence-corrected chi connectivity index (χ2v) is 12.8. The van der Waals surface area contributed by atoms with Crippen molar-refractivity contribution < 1.29 is 14.7 Å². The van der Waals surface area contributed by atoms with E-state index in [0.29, 0.717) is 47.7 Å². The van der Waals surface area contributed by atoms with Crippen LogP contribution in [0.3, 0.4) is 0 Å². The van der Waals surface area contributed by atoms with E-state index in [1.54, 1.807) is 0 Å². The third-order valence-corrected chi connectivity index (χ3v) is 10.5. The topological polar surface area (TPSA) is 54.4 Å². The fourth-order valence-electron chi connectivity index (χ4n) is 8.79. The molecule has 3 aliphatic rings. The van der Waals surface area contributed by atoms with Crippen LogP contribution in [-0.4, -0.2) is 16.9 Å². The Morgan fingerprint density at radius 3 is 2.32 bits per heavy atom. The van der Waals surface area contributed by atoms with Gasteiger partial charge in [0.1, 0.15) is 5.78 Å². The summed E-state index contributed by atoms with van der Waals surface area (Å²) in [4.78, 5) is 24.8. The molecule has 0 aliphatic heterocycles. The normalized spacial score (nSPS) is 38.0. The molecular weight excluding hydrogens is 420 g/mol. The Hall–Kier alpha value is -0.860. The summed E-state index contributed by atoms with van der Waals surface area (Å²) in [6, 6.07) is 0. The van der Waals surface area contributed by atoms with Crippen molar-refractivity contribution in [3.05, 3.63) is 0 Å². The highest BCUT2D eigenvalue weighted by atomic mass is 16.4. The fourth-order valence-corrected chi connectivity index (χ4v) is 8.79. The largest absolute Gasteiger partial charge is 0.481 e. The molecule has 0 aromatic rings. The van der Waals surface area contributed by atoms with Crippen molar-refractivity contribution in [1.82, 2.24) is 0 Å². The molecular formula is C31H56O3. The van der Waals surface area contributed by atoms with Crippen LogP contribution >= 0.6 is 0 Å². The minimum atomic E-state index is -0.761. The number of fused-ring (bicyclic) bond motifs is 3. The Balaban J connectivity index is 0.00000199. The van der Waals surface area contributed by atoms with Crippen LogP contribution in [0.15, 0.2) is 0 Å². The molecule has 34 heavy (non-hydrogen) atoms. The number of hydrogen-bond donors (Lipinski definition) is 1. The zero-order chi connectivity index (χ0) is 25.7. The predicted molar refractivity (Wildman–Crippen MR) is 143 cm³/mol. The van der Waals surface area contributed by atoms with Gasteiger partial charge in [0.25, 0.3) is 0 Å². The number of carboxylic acids is 1. The molecule has 3 fully saturated rings. The SMILES string of the molecule is CC.CCC[C@H]1CC(=O)C(C)(CCC(=O)O)C2CCC3(C)C(C(C)CCCC(C)C)CCC3C21. The van der Waals surface area contributed by atoms with E-state index in [-0.39, 0.29) is 6.42 Å². The molecule has 3 aliphatic carbocycles. The number of Topliss-reactive ketones (excluding diaryl/α,β-unsaturated/α-hetero) is 1. The standard InChI is InChI=1S/C29H50O3.C2H6/c1-7-9-21-18-25(30)29(6,17-15-26(31)32)24-14-16-28(5)22(12-13-23(28)27(21)24)20(4)11-8-10-19(2)3;1-2/h19-24,27H,7-18H2,1-6H3,(H,31,32);1-2H3/t20?,21-,22?,23?,24?,27?,28?,29?;/m0./s1. The van der Waals surface area contributed by atoms with Crippen molar-refractivity contribution >= 4 is 11.8 Å². The van der Waals surface area contributed by atoms with Gasteiger partial charge in [0.05, 0.1) is 0 Å². The Bertz CT molecular complexity index is 670. The first kappa shape index (κ1) is 29.4. The summed E-state index contributed by atoms with van der Waals surface area (Å²) in [7, 11) is 0. The molecule has 0 radical (unpaired) electrons. The lowest BCUT2D eigenvalue weighted by molar-refractivity contribution is -0.155. The Kier molecular flexibility index (Phi) is 10.7. The van der Waals surface area contributed by atoms with E-state index >= 15 is 0 Å². The molecule has 3 saturated carbocycles. The molecule has 1 N–H and O–H groups in total. The van der Waals surface area contributed by atoms with Crippen molar-refractivity contribution in [1.29, 1.82) is 0 Å². The summed E-state index contributed by atoms with van der Waals surface area (Å²) in [5.74, 6) is 4.21. The lowest BCUT2D eigenvalue weighted by Crippen LogP contribution is -2.55. The molecule has 7 unspecified atom stereocenters. The van der Waals surface area contributed by atoms with Gasteiger partial charge in [-0.2, -0.15) is 0 Å². The summed E-state index contributed by atoms with van der Waals surface area (Å²) >= 11 is 0. The van der Waals surface area contributed by atoms with E-state index in [1.807, 2.05) is 13.8 Å². The second-order valence-electron chi connectivity index (χ2n) is 12.8. The molecule has 8 atom stereocenters. The van der Waals surface area contributed by atoms with Crippen LogP contribution < -0.4 is 0 Å².